The van der Waals surface area contributed by atoms with E-state index in [4.69, 9.17) is 0 Å². The molecule has 30 heavy (non-hydrogen) atoms. The predicted octanol–water partition coefficient (Wildman–Crippen LogP) is 2.32. The van der Waals surface area contributed by atoms with Crippen molar-refractivity contribution < 1.29 is 19.3 Å². The Kier molecular flexibility index (Phi) is 4.69. The van der Waals surface area contributed by atoms with Gasteiger partial charge in [0.25, 0.3) is 5.91 Å². The lowest BCUT2D eigenvalue weighted by molar-refractivity contribution is -0.384. The first kappa shape index (κ1) is 19.5. The van der Waals surface area contributed by atoms with E-state index in [1.165, 1.54) is 12.3 Å². The number of benzene rings is 1. The van der Waals surface area contributed by atoms with Crippen LogP contribution in [0.2, 0.25) is 0 Å². The highest BCUT2D eigenvalue weighted by molar-refractivity contribution is 6.10. The third-order valence-corrected chi connectivity index (χ3v) is 5.58. The zero-order chi connectivity index (χ0) is 21.5. The molecule has 2 aromatic rings. The number of fused-ring (bicyclic) bond motifs is 3. The van der Waals surface area contributed by atoms with Crippen molar-refractivity contribution in [3.8, 4) is 0 Å². The lowest BCUT2D eigenvalue weighted by Crippen LogP contribution is -2.62. The fourth-order valence-electron chi connectivity index (χ4n) is 4.10. The van der Waals surface area contributed by atoms with Crippen LogP contribution in [0.1, 0.15) is 36.5 Å². The van der Waals surface area contributed by atoms with Gasteiger partial charge in [-0.2, -0.15) is 0 Å². The number of nitrogens with one attached hydrogen (secondary N) is 1. The average molecular weight is 409 g/mol. The molecular formula is C20H19N5O5. The Morgan fingerprint density at radius 2 is 2.07 bits per heavy atom. The average Bonchev–Trinajstić information content (AvgIpc) is 3.03. The summed E-state index contributed by atoms with van der Waals surface area (Å²) in [6.45, 7) is 1.88. The number of pyridine rings is 1. The highest BCUT2D eigenvalue weighted by atomic mass is 16.6. The molecule has 10 nitrogen and oxygen atoms in total. The van der Waals surface area contributed by atoms with Gasteiger partial charge in [0.15, 0.2) is 0 Å². The van der Waals surface area contributed by atoms with E-state index >= 15 is 0 Å². The van der Waals surface area contributed by atoms with Gasteiger partial charge in [-0.3, -0.25) is 34.4 Å². The number of carbonyl (C=O) groups is 3. The molecule has 1 fully saturated rings. The van der Waals surface area contributed by atoms with Crippen LogP contribution in [-0.2, 0) is 9.59 Å². The van der Waals surface area contributed by atoms with E-state index in [9.17, 15) is 24.5 Å². The van der Waals surface area contributed by atoms with E-state index in [-0.39, 0.29) is 36.2 Å². The molecule has 0 bridgehead atoms. The first-order chi connectivity index (χ1) is 14.3. The molecular weight excluding hydrogens is 390 g/mol. The lowest BCUT2D eigenvalue weighted by Gasteiger charge is -2.48. The second-order valence-electron chi connectivity index (χ2n) is 7.37. The molecule has 1 aromatic heterocycles. The molecule has 0 saturated carbocycles. The summed E-state index contributed by atoms with van der Waals surface area (Å²) in [7, 11) is 0. The van der Waals surface area contributed by atoms with Gasteiger partial charge in [-0.05, 0) is 31.5 Å². The topological polar surface area (TPSA) is 126 Å². The lowest BCUT2D eigenvalue weighted by atomic mass is 9.98. The normalized spacial score (nSPS) is 20.0. The second kappa shape index (κ2) is 7.21. The van der Waals surface area contributed by atoms with Crippen molar-refractivity contribution in [2.75, 3.05) is 16.8 Å². The smallest absolute Gasteiger partial charge is 0.310 e. The van der Waals surface area contributed by atoms with Gasteiger partial charge in [-0.15, -0.1) is 0 Å². The maximum Gasteiger partial charge on any atom is 0.310 e. The first-order valence-electron chi connectivity index (χ1n) is 9.45. The van der Waals surface area contributed by atoms with Crippen LogP contribution in [0, 0.1) is 10.1 Å². The standard InChI is InChI=1S/C20H19N5O5/c1-20-9-6-18(27)24(20)15-5-3-2-4-13(15)19(28)23(20)11-8-17(26)22-14-7-10-21-12-16(14)25(29)30/h2-5,7,10,12H,6,8-9,11H2,1H3,(H,21,22,26). The molecule has 1 N–H and O–H groups in total. The molecule has 3 heterocycles. The summed E-state index contributed by atoms with van der Waals surface area (Å²) in [5.41, 5.74) is -0.130. The van der Waals surface area contributed by atoms with Crippen molar-refractivity contribution in [1.82, 2.24) is 9.88 Å². The molecule has 4 rings (SSSR count). The van der Waals surface area contributed by atoms with Crippen LogP contribution < -0.4 is 10.2 Å². The Balaban J connectivity index is 1.55. The van der Waals surface area contributed by atoms with Crippen molar-refractivity contribution in [2.45, 2.75) is 31.8 Å². The van der Waals surface area contributed by atoms with Gasteiger partial charge in [-0.1, -0.05) is 12.1 Å². The number of hydrogen-bond donors (Lipinski definition) is 1. The Bertz CT molecular complexity index is 1070. The van der Waals surface area contributed by atoms with Crippen LogP contribution >= 0.6 is 0 Å². The van der Waals surface area contributed by atoms with Crippen molar-refractivity contribution in [1.29, 1.82) is 0 Å². The number of para-hydroxylation sites is 1. The summed E-state index contributed by atoms with van der Waals surface area (Å²) in [6.07, 6.45) is 3.10. The van der Waals surface area contributed by atoms with Crippen molar-refractivity contribution >= 4 is 34.8 Å². The molecule has 2 aliphatic heterocycles. The fraction of sp³-hybridized carbons (Fsp3) is 0.300. The van der Waals surface area contributed by atoms with Crippen LogP contribution in [0.5, 0.6) is 0 Å². The van der Waals surface area contributed by atoms with Crippen molar-refractivity contribution in [3.63, 3.8) is 0 Å². The van der Waals surface area contributed by atoms with E-state index in [0.717, 1.165) is 6.20 Å². The number of hydrogen-bond acceptors (Lipinski definition) is 6. The van der Waals surface area contributed by atoms with Crippen LogP contribution in [0.15, 0.2) is 42.7 Å². The minimum atomic E-state index is -0.856. The first-order valence-corrected chi connectivity index (χ1v) is 9.45. The molecule has 1 saturated heterocycles. The molecule has 0 aliphatic carbocycles. The van der Waals surface area contributed by atoms with Gasteiger partial charge >= 0.3 is 5.69 Å². The van der Waals surface area contributed by atoms with Crippen LogP contribution in [0.25, 0.3) is 0 Å². The summed E-state index contributed by atoms with van der Waals surface area (Å²) >= 11 is 0. The molecule has 154 valence electrons. The van der Waals surface area contributed by atoms with Gasteiger partial charge in [0.1, 0.15) is 17.5 Å². The Labute approximate surface area is 171 Å². The molecule has 10 heteroatoms. The third kappa shape index (κ3) is 3.06. The minimum Gasteiger partial charge on any atom is -0.320 e. The van der Waals surface area contributed by atoms with Crippen LogP contribution in [-0.4, -0.2) is 44.7 Å². The maximum absolute atomic E-state index is 13.1. The van der Waals surface area contributed by atoms with E-state index in [1.54, 1.807) is 34.1 Å². The fourth-order valence-corrected chi connectivity index (χ4v) is 4.10. The Hall–Kier alpha value is -3.82. The molecule has 0 spiro atoms. The van der Waals surface area contributed by atoms with E-state index < -0.39 is 16.5 Å². The van der Waals surface area contributed by atoms with Crippen LogP contribution in [0.4, 0.5) is 17.1 Å². The largest absolute Gasteiger partial charge is 0.320 e. The molecule has 1 atom stereocenters. The van der Waals surface area contributed by atoms with Crippen molar-refractivity contribution in [2.24, 2.45) is 0 Å². The highest BCUT2D eigenvalue weighted by Gasteiger charge is 2.52. The van der Waals surface area contributed by atoms with E-state index in [0.29, 0.717) is 24.1 Å². The maximum atomic E-state index is 13.1. The summed E-state index contributed by atoms with van der Waals surface area (Å²) in [4.78, 5) is 55.5. The predicted molar refractivity (Wildman–Crippen MR) is 107 cm³/mol. The number of amides is 3. The number of anilines is 2. The van der Waals surface area contributed by atoms with E-state index in [2.05, 4.69) is 10.3 Å². The SMILES string of the molecule is CC12CCC(=O)N1c1ccccc1C(=O)N2CCC(=O)Nc1ccncc1[N+](=O)[O-]. The van der Waals surface area contributed by atoms with Crippen LogP contribution in [0.3, 0.4) is 0 Å². The number of nitro groups is 1. The Morgan fingerprint density at radius 1 is 1.30 bits per heavy atom. The minimum absolute atomic E-state index is 0.0409. The van der Waals surface area contributed by atoms with Gasteiger partial charge in [0, 0.05) is 25.6 Å². The zero-order valence-electron chi connectivity index (χ0n) is 16.2. The zero-order valence-corrected chi connectivity index (χ0v) is 16.2. The van der Waals surface area contributed by atoms with E-state index in [1.807, 2.05) is 6.92 Å². The molecule has 3 amide bonds. The summed E-state index contributed by atoms with van der Waals surface area (Å²) in [5, 5.41) is 13.6. The molecule has 0 radical (unpaired) electrons. The summed E-state index contributed by atoms with van der Waals surface area (Å²) < 4.78 is 0. The van der Waals surface area contributed by atoms with Gasteiger partial charge in [0.2, 0.25) is 11.8 Å². The molecule has 1 unspecified atom stereocenters. The molecule has 1 aromatic carbocycles. The number of carbonyl (C=O) groups excluding carboxylic acids is 3. The van der Waals surface area contributed by atoms with Crippen molar-refractivity contribution in [3.05, 3.63) is 58.4 Å². The summed E-state index contributed by atoms with van der Waals surface area (Å²) in [6, 6.07) is 8.27. The highest BCUT2D eigenvalue weighted by Crippen LogP contribution is 2.44. The monoisotopic (exact) mass is 409 g/mol. The third-order valence-electron chi connectivity index (χ3n) is 5.58. The molecule has 2 aliphatic rings. The summed E-state index contributed by atoms with van der Waals surface area (Å²) in [5.74, 6) is -0.795. The van der Waals surface area contributed by atoms with Gasteiger partial charge in [-0.25, -0.2) is 0 Å². The van der Waals surface area contributed by atoms with Gasteiger partial charge < -0.3 is 10.2 Å². The quantitative estimate of drug-likeness (QED) is 0.597. The number of rotatable bonds is 5. The Morgan fingerprint density at radius 3 is 2.83 bits per heavy atom. The second-order valence-corrected chi connectivity index (χ2v) is 7.37. The number of aromatic nitrogens is 1. The number of nitrogens with zero attached hydrogens (tertiary/aromatic N) is 4. The van der Waals surface area contributed by atoms with Gasteiger partial charge in [0.05, 0.1) is 16.2 Å².